The molecule has 0 saturated carbocycles. The molecule has 0 radical (unpaired) electrons. The first-order chi connectivity index (χ1) is 10.3. The number of halogens is 1. The van der Waals surface area contributed by atoms with Gasteiger partial charge in [-0.2, -0.15) is 0 Å². The van der Waals surface area contributed by atoms with Crippen LogP contribution in [0.3, 0.4) is 0 Å². The fraction of sp³-hybridized carbons (Fsp3) is 0.588. The summed E-state index contributed by atoms with van der Waals surface area (Å²) < 4.78 is 6.63. The van der Waals surface area contributed by atoms with Crippen LogP contribution in [0.1, 0.15) is 32.3 Å². The molecule has 0 spiro atoms. The van der Waals surface area contributed by atoms with Crippen LogP contribution in [0.4, 0.5) is 0 Å². The fourth-order valence-corrected chi connectivity index (χ4v) is 3.32. The second-order valence-corrected chi connectivity index (χ2v) is 7.59. The van der Waals surface area contributed by atoms with E-state index in [0.717, 1.165) is 29.7 Å². The highest BCUT2D eigenvalue weighted by molar-refractivity contribution is 9.10. The lowest BCUT2D eigenvalue weighted by atomic mass is 9.79. The van der Waals surface area contributed by atoms with Crippen molar-refractivity contribution in [3.8, 4) is 5.75 Å². The quantitative estimate of drug-likeness (QED) is 0.887. The molecule has 2 rings (SSSR count). The van der Waals surface area contributed by atoms with Crippen LogP contribution in [-0.2, 0) is 4.79 Å². The third-order valence-corrected chi connectivity index (χ3v) is 4.95. The minimum atomic E-state index is -0.0191. The van der Waals surface area contributed by atoms with Gasteiger partial charge in [0.2, 0.25) is 5.91 Å². The van der Waals surface area contributed by atoms with Gasteiger partial charge in [0.15, 0.2) is 0 Å². The van der Waals surface area contributed by atoms with E-state index in [2.05, 4.69) is 29.8 Å². The molecule has 2 N–H and O–H groups in total. The van der Waals surface area contributed by atoms with E-state index in [-0.39, 0.29) is 17.4 Å². The van der Waals surface area contributed by atoms with Gasteiger partial charge in [-0.15, -0.1) is 0 Å². The maximum atomic E-state index is 12.3. The van der Waals surface area contributed by atoms with Gasteiger partial charge in [0.05, 0.1) is 17.5 Å². The Balaban J connectivity index is 1.83. The van der Waals surface area contributed by atoms with Crippen molar-refractivity contribution in [1.29, 1.82) is 0 Å². The first kappa shape index (κ1) is 17.3. The van der Waals surface area contributed by atoms with Gasteiger partial charge in [-0.1, -0.05) is 19.9 Å². The average Bonchev–Trinajstić information content (AvgIpc) is 2.44. The highest BCUT2D eigenvalue weighted by atomic mass is 79.9. The van der Waals surface area contributed by atoms with Crippen molar-refractivity contribution >= 4 is 21.8 Å². The zero-order valence-corrected chi connectivity index (χ0v) is 15.1. The molecule has 1 atom stereocenters. The van der Waals surface area contributed by atoms with E-state index in [1.54, 1.807) is 0 Å². The number of nitrogens with zero attached hydrogens (tertiary/aromatic N) is 1. The molecule has 122 valence electrons. The molecule has 0 bridgehead atoms. The minimum Gasteiger partial charge on any atom is -0.492 e. The molecular weight excluding hydrogens is 344 g/mol. The van der Waals surface area contributed by atoms with Crippen molar-refractivity contribution in [2.24, 2.45) is 11.1 Å². The average molecular weight is 369 g/mol. The van der Waals surface area contributed by atoms with Gasteiger partial charge in [-0.3, -0.25) is 4.79 Å². The van der Waals surface area contributed by atoms with Gasteiger partial charge < -0.3 is 15.4 Å². The molecule has 1 saturated heterocycles. The molecule has 1 heterocycles. The lowest BCUT2D eigenvalue weighted by Crippen LogP contribution is -2.54. The maximum Gasteiger partial charge on any atom is 0.226 e. The summed E-state index contributed by atoms with van der Waals surface area (Å²) >= 11 is 3.48. The number of aryl methyl sites for hydroxylation is 1. The van der Waals surface area contributed by atoms with Gasteiger partial charge in [0.25, 0.3) is 0 Å². The second-order valence-electron chi connectivity index (χ2n) is 6.73. The Morgan fingerprint density at radius 3 is 2.86 bits per heavy atom. The Morgan fingerprint density at radius 2 is 2.23 bits per heavy atom. The highest BCUT2D eigenvalue weighted by Crippen LogP contribution is 2.28. The summed E-state index contributed by atoms with van der Waals surface area (Å²) in [5.41, 5.74) is 7.26. The summed E-state index contributed by atoms with van der Waals surface area (Å²) in [6, 6.07) is 6.09. The predicted octanol–water partition coefficient (Wildman–Crippen LogP) is 3.11. The third kappa shape index (κ3) is 4.23. The number of amides is 1. The van der Waals surface area contributed by atoms with Crippen LogP contribution in [0.15, 0.2) is 22.7 Å². The summed E-state index contributed by atoms with van der Waals surface area (Å²) in [5, 5.41) is 0. The van der Waals surface area contributed by atoms with Crippen molar-refractivity contribution < 1.29 is 9.53 Å². The zero-order valence-electron chi connectivity index (χ0n) is 13.6. The van der Waals surface area contributed by atoms with Gasteiger partial charge >= 0.3 is 0 Å². The SMILES string of the molecule is Cc1ccc(OCCC(=O)N2CCC(N)C(C)(C)C2)c(Br)c1. The molecule has 1 aromatic carbocycles. The molecule has 0 aromatic heterocycles. The van der Waals surface area contributed by atoms with Gasteiger partial charge in [-0.25, -0.2) is 0 Å². The van der Waals surface area contributed by atoms with Gasteiger partial charge in [-0.05, 0) is 52.4 Å². The predicted molar refractivity (Wildman–Crippen MR) is 91.9 cm³/mol. The Morgan fingerprint density at radius 1 is 1.50 bits per heavy atom. The Hall–Kier alpha value is -1.07. The van der Waals surface area contributed by atoms with Crippen LogP contribution in [0.2, 0.25) is 0 Å². The fourth-order valence-electron chi connectivity index (χ4n) is 2.72. The number of carbonyl (C=O) groups excluding carboxylic acids is 1. The van der Waals surface area contributed by atoms with Crippen LogP contribution in [0, 0.1) is 12.3 Å². The molecular formula is C17H25BrN2O2. The summed E-state index contributed by atoms with van der Waals surface area (Å²) in [7, 11) is 0. The molecule has 5 heteroatoms. The van der Waals surface area contributed by atoms with Gasteiger partial charge in [0, 0.05) is 19.1 Å². The van der Waals surface area contributed by atoms with E-state index < -0.39 is 0 Å². The number of ether oxygens (including phenoxy) is 1. The van der Waals surface area contributed by atoms with Gasteiger partial charge in [0.1, 0.15) is 5.75 Å². The molecule has 22 heavy (non-hydrogen) atoms. The first-order valence-corrected chi connectivity index (χ1v) is 8.51. The van der Waals surface area contributed by atoms with Crippen LogP contribution in [0.5, 0.6) is 5.75 Å². The molecule has 1 amide bonds. The lowest BCUT2D eigenvalue weighted by molar-refractivity contribution is -0.135. The number of rotatable bonds is 4. The molecule has 4 nitrogen and oxygen atoms in total. The number of likely N-dealkylation sites (tertiary alicyclic amines) is 1. The van der Waals surface area contributed by atoms with E-state index in [0.29, 0.717) is 13.0 Å². The standard InChI is InChI=1S/C17H25BrN2O2/c1-12-4-5-14(13(18)10-12)22-9-7-16(21)20-8-6-15(19)17(2,3)11-20/h4-5,10,15H,6-9,11,19H2,1-3H3. The maximum absolute atomic E-state index is 12.3. The summed E-state index contributed by atoms with van der Waals surface area (Å²) in [6.45, 7) is 8.14. The Kier molecular flexibility index (Phi) is 5.50. The number of hydrogen-bond donors (Lipinski definition) is 1. The van der Waals surface area contributed by atoms with Crippen molar-refractivity contribution in [3.05, 3.63) is 28.2 Å². The molecule has 1 fully saturated rings. The van der Waals surface area contributed by atoms with E-state index in [4.69, 9.17) is 10.5 Å². The zero-order chi connectivity index (χ0) is 16.3. The monoisotopic (exact) mass is 368 g/mol. The van der Waals surface area contributed by atoms with E-state index in [1.165, 1.54) is 5.56 Å². The number of benzene rings is 1. The molecule has 0 aliphatic carbocycles. The normalized spacial score (nSPS) is 20.8. The van der Waals surface area contributed by atoms with E-state index in [1.807, 2.05) is 30.0 Å². The van der Waals surface area contributed by atoms with Crippen molar-refractivity contribution in [2.45, 2.75) is 39.7 Å². The van der Waals surface area contributed by atoms with Crippen LogP contribution in [-0.4, -0.2) is 36.5 Å². The Bertz CT molecular complexity index is 545. The summed E-state index contributed by atoms with van der Waals surface area (Å²) in [5.74, 6) is 0.919. The van der Waals surface area contributed by atoms with Crippen LogP contribution < -0.4 is 10.5 Å². The number of nitrogens with two attached hydrogens (primary N) is 1. The highest BCUT2D eigenvalue weighted by Gasteiger charge is 2.35. The van der Waals surface area contributed by atoms with E-state index in [9.17, 15) is 4.79 Å². The lowest BCUT2D eigenvalue weighted by Gasteiger charge is -2.42. The van der Waals surface area contributed by atoms with Crippen molar-refractivity contribution in [1.82, 2.24) is 4.90 Å². The molecule has 1 aliphatic heterocycles. The second kappa shape index (κ2) is 7.01. The van der Waals surface area contributed by atoms with Crippen molar-refractivity contribution in [2.75, 3.05) is 19.7 Å². The third-order valence-electron chi connectivity index (χ3n) is 4.33. The first-order valence-electron chi connectivity index (χ1n) is 7.72. The largest absolute Gasteiger partial charge is 0.492 e. The van der Waals surface area contributed by atoms with Crippen LogP contribution >= 0.6 is 15.9 Å². The molecule has 1 aliphatic rings. The Labute approximate surface area is 141 Å². The summed E-state index contributed by atoms with van der Waals surface area (Å²) in [4.78, 5) is 14.2. The number of carbonyl (C=O) groups is 1. The summed E-state index contributed by atoms with van der Waals surface area (Å²) in [6.07, 6.45) is 1.26. The number of piperidine rings is 1. The smallest absolute Gasteiger partial charge is 0.226 e. The number of hydrogen-bond acceptors (Lipinski definition) is 3. The molecule has 1 unspecified atom stereocenters. The minimum absolute atomic E-state index is 0.0191. The van der Waals surface area contributed by atoms with E-state index >= 15 is 0 Å². The van der Waals surface area contributed by atoms with Crippen LogP contribution in [0.25, 0.3) is 0 Å². The molecule has 1 aromatic rings. The topological polar surface area (TPSA) is 55.6 Å². The van der Waals surface area contributed by atoms with Crippen molar-refractivity contribution in [3.63, 3.8) is 0 Å².